The summed E-state index contributed by atoms with van der Waals surface area (Å²) in [6.45, 7) is 5.42. The third kappa shape index (κ3) is 7.45. The lowest BCUT2D eigenvalue weighted by atomic mass is 10.1. The van der Waals surface area contributed by atoms with Crippen LogP contribution in [-0.4, -0.2) is 33.5 Å². The van der Waals surface area contributed by atoms with Gasteiger partial charge in [0, 0.05) is 20.3 Å². The Bertz CT molecular complexity index is 609. The quantitative estimate of drug-likeness (QED) is 0.456. The largest absolute Gasteiger partial charge is 0.494 e. The van der Waals surface area contributed by atoms with Gasteiger partial charge in [0.05, 0.1) is 13.2 Å². The molecule has 0 fully saturated rings. The summed E-state index contributed by atoms with van der Waals surface area (Å²) in [4.78, 5) is 0. The molecule has 0 bridgehead atoms. The molecule has 0 saturated heterocycles. The molecule has 0 aliphatic carbocycles. The van der Waals surface area contributed by atoms with E-state index < -0.39 is 0 Å². The van der Waals surface area contributed by atoms with Gasteiger partial charge in [-0.2, -0.15) is 0 Å². The topological polar surface area (TPSA) is 27.7 Å². The summed E-state index contributed by atoms with van der Waals surface area (Å²) in [6, 6.07) is 13.0. The highest BCUT2D eigenvalue weighted by atomic mass is 16.5. The molecule has 0 aliphatic rings. The number of benzene rings is 2. The highest BCUT2D eigenvalue weighted by Crippen LogP contribution is 2.22. The molecule has 0 spiro atoms. The van der Waals surface area contributed by atoms with Crippen LogP contribution < -0.4 is 4.74 Å². The van der Waals surface area contributed by atoms with Gasteiger partial charge in [-0.3, -0.25) is 0 Å². The Morgan fingerprint density at radius 1 is 0.760 bits per heavy atom. The van der Waals surface area contributed by atoms with Crippen molar-refractivity contribution in [2.24, 2.45) is 0 Å². The summed E-state index contributed by atoms with van der Waals surface area (Å²) >= 11 is 0. The molecule has 0 atom stereocenters. The van der Waals surface area contributed by atoms with Crippen LogP contribution in [0.15, 0.2) is 36.4 Å². The van der Waals surface area contributed by atoms with Gasteiger partial charge < -0.3 is 14.2 Å². The van der Waals surface area contributed by atoms with Crippen LogP contribution in [0.2, 0.25) is 0 Å². The molecule has 138 valence electrons. The maximum absolute atomic E-state index is 5.89. The Labute approximate surface area is 152 Å². The second-order valence-corrected chi connectivity index (χ2v) is 6.46. The fourth-order valence-electron chi connectivity index (χ4n) is 2.85. The van der Waals surface area contributed by atoms with Gasteiger partial charge in [-0.15, -0.1) is 0 Å². The van der Waals surface area contributed by atoms with Crippen LogP contribution in [0.25, 0.3) is 10.8 Å². The predicted molar refractivity (Wildman–Crippen MR) is 105 cm³/mol. The van der Waals surface area contributed by atoms with Crippen molar-refractivity contribution in [3.8, 4) is 5.75 Å². The normalized spacial score (nSPS) is 11.1. The Hall–Kier alpha value is -1.58. The fraction of sp³-hybridized carbons (Fsp3) is 0.545. The van der Waals surface area contributed by atoms with Crippen LogP contribution in [0.5, 0.6) is 5.75 Å². The SMILES string of the molecule is CCCOCCc1ccc2cc(OCCCCCCOC)ccc2c1. The smallest absolute Gasteiger partial charge is 0.119 e. The standard InChI is InChI=1S/C22H32O3/c1-3-13-24-16-12-19-8-9-21-18-22(11-10-20(21)17-19)25-15-7-5-4-6-14-23-2/h8-11,17-18H,3-7,12-16H2,1-2H3. The molecule has 2 aromatic carbocycles. The molecule has 3 nitrogen and oxygen atoms in total. The summed E-state index contributed by atoms with van der Waals surface area (Å²) < 4.78 is 16.5. The van der Waals surface area contributed by atoms with Crippen molar-refractivity contribution < 1.29 is 14.2 Å². The van der Waals surface area contributed by atoms with Crippen molar-refractivity contribution in [2.45, 2.75) is 45.4 Å². The molecular formula is C22H32O3. The van der Waals surface area contributed by atoms with Crippen LogP contribution in [0.4, 0.5) is 0 Å². The molecule has 0 saturated carbocycles. The van der Waals surface area contributed by atoms with Gasteiger partial charge in [0.25, 0.3) is 0 Å². The molecule has 0 aliphatic heterocycles. The van der Waals surface area contributed by atoms with E-state index in [-0.39, 0.29) is 0 Å². The molecule has 25 heavy (non-hydrogen) atoms. The van der Waals surface area contributed by atoms with Crippen molar-refractivity contribution in [3.63, 3.8) is 0 Å². The summed E-state index contributed by atoms with van der Waals surface area (Å²) in [7, 11) is 1.76. The van der Waals surface area contributed by atoms with E-state index >= 15 is 0 Å². The minimum Gasteiger partial charge on any atom is -0.494 e. The average Bonchev–Trinajstić information content (AvgIpc) is 2.64. The first-order chi connectivity index (χ1) is 12.3. The van der Waals surface area contributed by atoms with Gasteiger partial charge >= 0.3 is 0 Å². The van der Waals surface area contributed by atoms with Crippen molar-refractivity contribution >= 4 is 10.8 Å². The molecule has 2 aromatic rings. The van der Waals surface area contributed by atoms with E-state index in [0.717, 1.165) is 57.9 Å². The highest BCUT2D eigenvalue weighted by molar-refractivity contribution is 5.84. The third-order valence-corrected chi connectivity index (χ3v) is 4.27. The maximum Gasteiger partial charge on any atom is 0.119 e. The van der Waals surface area contributed by atoms with Crippen molar-refractivity contribution in [2.75, 3.05) is 33.5 Å². The lowest BCUT2D eigenvalue weighted by molar-refractivity contribution is 0.138. The van der Waals surface area contributed by atoms with Gasteiger partial charge in [-0.1, -0.05) is 37.6 Å². The molecule has 0 amide bonds. The van der Waals surface area contributed by atoms with Crippen molar-refractivity contribution in [3.05, 3.63) is 42.0 Å². The first-order valence-corrected chi connectivity index (χ1v) is 9.55. The monoisotopic (exact) mass is 344 g/mol. The Morgan fingerprint density at radius 2 is 1.52 bits per heavy atom. The highest BCUT2D eigenvalue weighted by Gasteiger charge is 2.01. The molecule has 0 radical (unpaired) electrons. The van der Waals surface area contributed by atoms with Crippen LogP contribution in [-0.2, 0) is 15.9 Å². The zero-order valence-corrected chi connectivity index (χ0v) is 15.8. The predicted octanol–water partition coefficient (Wildman–Crippen LogP) is 5.39. The van der Waals surface area contributed by atoms with Gasteiger partial charge in [0.2, 0.25) is 0 Å². The lowest BCUT2D eigenvalue weighted by Gasteiger charge is -2.09. The summed E-state index contributed by atoms with van der Waals surface area (Å²) in [5.41, 5.74) is 1.33. The van der Waals surface area contributed by atoms with E-state index in [4.69, 9.17) is 14.2 Å². The van der Waals surface area contributed by atoms with E-state index in [1.165, 1.54) is 29.2 Å². The van der Waals surface area contributed by atoms with Gasteiger partial charge in [0.1, 0.15) is 5.75 Å². The third-order valence-electron chi connectivity index (χ3n) is 4.27. The number of ether oxygens (including phenoxy) is 3. The summed E-state index contributed by atoms with van der Waals surface area (Å²) in [5, 5.41) is 2.50. The van der Waals surface area contributed by atoms with E-state index in [1.54, 1.807) is 7.11 Å². The molecule has 0 heterocycles. The lowest BCUT2D eigenvalue weighted by Crippen LogP contribution is -1.99. The van der Waals surface area contributed by atoms with E-state index in [9.17, 15) is 0 Å². The molecular weight excluding hydrogens is 312 g/mol. The van der Waals surface area contributed by atoms with E-state index in [0.29, 0.717) is 0 Å². The minimum atomic E-state index is 0.783. The summed E-state index contributed by atoms with van der Waals surface area (Å²) in [6.07, 6.45) is 6.68. The van der Waals surface area contributed by atoms with Crippen LogP contribution in [0, 0.1) is 0 Å². The second kappa shape index (κ2) is 11.9. The number of hydrogen-bond acceptors (Lipinski definition) is 3. The zero-order chi connectivity index (χ0) is 17.7. The van der Waals surface area contributed by atoms with Gasteiger partial charge in [0.15, 0.2) is 0 Å². The van der Waals surface area contributed by atoms with Crippen LogP contribution in [0.3, 0.4) is 0 Å². The van der Waals surface area contributed by atoms with Crippen LogP contribution >= 0.6 is 0 Å². The average molecular weight is 344 g/mol. The molecule has 0 aromatic heterocycles. The Morgan fingerprint density at radius 3 is 2.32 bits per heavy atom. The fourth-order valence-corrected chi connectivity index (χ4v) is 2.85. The van der Waals surface area contributed by atoms with E-state index in [1.807, 2.05) is 0 Å². The Balaban J connectivity index is 1.77. The first-order valence-electron chi connectivity index (χ1n) is 9.55. The van der Waals surface area contributed by atoms with E-state index in [2.05, 4.69) is 43.3 Å². The number of hydrogen-bond donors (Lipinski definition) is 0. The van der Waals surface area contributed by atoms with Crippen LogP contribution in [0.1, 0.15) is 44.6 Å². The molecule has 0 N–H and O–H groups in total. The van der Waals surface area contributed by atoms with Gasteiger partial charge in [-0.05, 0) is 60.6 Å². The van der Waals surface area contributed by atoms with Crippen molar-refractivity contribution in [1.82, 2.24) is 0 Å². The number of unbranched alkanes of at least 4 members (excludes halogenated alkanes) is 3. The molecule has 0 unspecified atom stereocenters. The summed E-state index contributed by atoms with van der Waals surface area (Å²) in [5.74, 6) is 0.962. The number of rotatable bonds is 13. The van der Waals surface area contributed by atoms with Crippen molar-refractivity contribution in [1.29, 1.82) is 0 Å². The number of fused-ring (bicyclic) bond motifs is 1. The zero-order valence-electron chi connectivity index (χ0n) is 15.8. The second-order valence-electron chi connectivity index (χ2n) is 6.46. The molecule has 3 heteroatoms. The minimum absolute atomic E-state index is 0.783. The van der Waals surface area contributed by atoms with Gasteiger partial charge in [-0.25, -0.2) is 0 Å². The molecule has 2 rings (SSSR count). The number of methoxy groups -OCH3 is 1. The maximum atomic E-state index is 5.89. The Kier molecular flexibility index (Phi) is 9.38. The first kappa shape index (κ1) is 19.7.